The van der Waals surface area contributed by atoms with Gasteiger partial charge in [-0.25, -0.2) is 4.98 Å². The van der Waals surface area contributed by atoms with E-state index in [0.29, 0.717) is 42.7 Å². The van der Waals surface area contributed by atoms with Crippen molar-refractivity contribution in [3.63, 3.8) is 0 Å². The molecule has 8 heteroatoms. The molecule has 1 aromatic heterocycles. The van der Waals surface area contributed by atoms with Gasteiger partial charge in [-0.05, 0) is 37.1 Å². The molecule has 0 aliphatic heterocycles. The van der Waals surface area contributed by atoms with Gasteiger partial charge >= 0.3 is 5.97 Å². The fraction of sp³-hybridized carbons (Fsp3) is 0.261. The summed E-state index contributed by atoms with van der Waals surface area (Å²) in [6.45, 7) is 2.56. The number of hydrogen-bond acceptors (Lipinski definition) is 8. The first-order valence-electron chi connectivity index (χ1n) is 9.96. The van der Waals surface area contributed by atoms with Gasteiger partial charge in [0.15, 0.2) is 11.5 Å². The van der Waals surface area contributed by atoms with Crippen molar-refractivity contribution in [2.24, 2.45) is 5.10 Å². The first kappa shape index (κ1) is 22.3. The average molecular weight is 440 g/mol. The van der Waals surface area contributed by atoms with Crippen LogP contribution in [0.25, 0.3) is 11.3 Å². The van der Waals surface area contributed by atoms with Gasteiger partial charge in [0, 0.05) is 17.4 Å². The van der Waals surface area contributed by atoms with Crippen LogP contribution in [0.3, 0.4) is 0 Å². The summed E-state index contributed by atoms with van der Waals surface area (Å²) in [5.74, 6) is 0.993. The molecule has 0 saturated carbocycles. The van der Waals surface area contributed by atoms with Crippen molar-refractivity contribution in [3.05, 3.63) is 59.5 Å². The second-order valence-corrected chi connectivity index (χ2v) is 7.30. The predicted octanol–water partition coefficient (Wildman–Crippen LogP) is 4.99. The fourth-order valence-corrected chi connectivity index (χ4v) is 3.42. The van der Waals surface area contributed by atoms with Gasteiger partial charge < -0.3 is 14.2 Å². The molecule has 0 aliphatic carbocycles. The number of thiazole rings is 1. The number of methoxy groups -OCH3 is 1. The zero-order chi connectivity index (χ0) is 21.9. The van der Waals surface area contributed by atoms with Crippen molar-refractivity contribution in [1.82, 2.24) is 4.98 Å². The van der Waals surface area contributed by atoms with Crippen LogP contribution in [0.2, 0.25) is 0 Å². The summed E-state index contributed by atoms with van der Waals surface area (Å²) in [5, 5.41) is 6.97. The van der Waals surface area contributed by atoms with Gasteiger partial charge in [-0.2, -0.15) is 5.10 Å². The Morgan fingerprint density at radius 3 is 2.81 bits per heavy atom. The minimum atomic E-state index is -0.220. The number of anilines is 1. The normalized spacial score (nSPS) is 10.8. The third-order valence-corrected chi connectivity index (χ3v) is 4.97. The summed E-state index contributed by atoms with van der Waals surface area (Å²) in [6, 6.07) is 15.5. The number of benzene rings is 2. The third kappa shape index (κ3) is 6.82. The van der Waals surface area contributed by atoms with E-state index in [2.05, 4.69) is 15.5 Å². The van der Waals surface area contributed by atoms with Crippen LogP contribution >= 0.6 is 11.3 Å². The first-order chi connectivity index (χ1) is 15.2. The van der Waals surface area contributed by atoms with Crippen LogP contribution in [0, 0.1) is 0 Å². The molecule has 0 aliphatic rings. The maximum atomic E-state index is 11.4. The Kier molecular flexibility index (Phi) is 8.42. The summed E-state index contributed by atoms with van der Waals surface area (Å²) in [6.07, 6.45) is 2.57. The molecule has 7 nitrogen and oxygen atoms in total. The van der Waals surface area contributed by atoms with Crippen LogP contribution < -0.4 is 14.9 Å². The lowest BCUT2D eigenvalue weighted by molar-refractivity contribution is -0.143. The second-order valence-electron chi connectivity index (χ2n) is 6.44. The van der Waals surface area contributed by atoms with Gasteiger partial charge in [-0.15, -0.1) is 11.3 Å². The van der Waals surface area contributed by atoms with E-state index in [1.165, 1.54) is 11.3 Å². The number of carbonyl (C=O) groups is 1. The van der Waals surface area contributed by atoms with Crippen LogP contribution in [0.15, 0.2) is 59.0 Å². The number of nitrogens with zero attached hydrogens (tertiary/aromatic N) is 2. The molecule has 0 radical (unpaired) electrons. The quantitative estimate of drug-likeness (QED) is 0.196. The van der Waals surface area contributed by atoms with Gasteiger partial charge in [-0.3, -0.25) is 10.2 Å². The molecular formula is C23H25N3O4S. The zero-order valence-corrected chi connectivity index (χ0v) is 18.4. The summed E-state index contributed by atoms with van der Waals surface area (Å²) < 4.78 is 16.1. The molecule has 0 fully saturated rings. The molecule has 3 aromatic rings. The van der Waals surface area contributed by atoms with E-state index in [0.717, 1.165) is 16.8 Å². The Morgan fingerprint density at radius 1 is 1.19 bits per heavy atom. The van der Waals surface area contributed by atoms with Crippen molar-refractivity contribution in [2.75, 3.05) is 25.7 Å². The Hall–Kier alpha value is -3.39. The third-order valence-electron chi connectivity index (χ3n) is 4.22. The van der Waals surface area contributed by atoms with Gasteiger partial charge in [0.25, 0.3) is 0 Å². The highest BCUT2D eigenvalue weighted by Crippen LogP contribution is 2.28. The average Bonchev–Trinajstić information content (AvgIpc) is 3.27. The maximum absolute atomic E-state index is 11.4. The smallest absolute Gasteiger partial charge is 0.305 e. The van der Waals surface area contributed by atoms with E-state index in [1.807, 2.05) is 53.9 Å². The summed E-state index contributed by atoms with van der Waals surface area (Å²) >= 11 is 1.49. The number of esters is 1. The fourth-order valence-electron chi connectivity index (χ4n) is 2.75. The van der Waals surface area contributed by atoms with E-state index >= 15 is 0 Å². The molecule has 0 saturated heterocycles. The zero-order valence-electron chi connectivity index (χ0n) is 17.5. The SMILES string of the molecule is CCOC(=O)CCCOc1cc(C=NNc2nc(-c3ccccc3)cs2)ccc1OC. The minimum absolute atomic E-state index is 0.220. The number of hydrazone groups is 1. The minimum Gasteiger partial charge on any atom is -0.493 e. The Labute approximate surface area is 185 Å². The van der Waals surface area contributed by atoms with Crippen molar-refractivity contribution in [2.45, 2.75) is 19.8 Å². The monoisotopic (exact) mass is 439 g/mol. The summed E-state index contributed by atoms with van der Waals surface area (Å²) in [4.78, 5) is 16.0. The van der Waals surface area contributed by atoms with E-state index in [4.69, 9.17) is 14.2 Å². The van der Waals surface area contributed by atoms with E-state index in [-0.39, 0.29) is 5.97 Å². The maximum Gasteiger partial charge on any atom is 0.305 e. The predicted molar refractivity (Wildman–Crippen MR) is 123 cm³/mol. The topological polar surface area (TPSA) is 82.0 Å². The molecule has 2 aromatic carbocycles. The molecule has 1 heterocycles. The molecule has 0 bridgehead atoms. The van der Waals surface area contributed by atoms with E-state index in [1.54, 1.807) is 20.2 Å². The lowest BCUT2D eigenvalue weighted by Gasteiger charge is -2.11. The van der Waals surface area contributed by atoms with Gasteiger partial charge in [0.1, 0.15) is 0 Å². The van der Waals surface area contributed by atoms with Crippen LogP contribution in [0.4, 0.5) is 5.13 Å². The van der Waals surface area contributed by atoms with Gasteiger partial charge in [0.05, 0.1) is 32.2 Å². The standard InChI is InChI=1S/C23H25N3O4S/c1-3-29-22(27)10-7-13-30-21-14-17(11-12-20(21)28-2)15-24-26-23-25-19(16-31-23)18-8-5-4-6-9-18/h4-6,8-9,11-12,14-16H,3,7,10,13H2,1-2H3,(H,25,26). The largest absolute Gasteiger partial charge is 0.493 e. The van der Waals surface area contributed by atoms with Crippen LogP contribution in [0.5, 0.6) is 11.5 Å². The molecule has 0 unspecified atom stereocenters. The van der Waals surface area contributed by atoms with Crippen molar-refractivity contribution >= 4 is 28.7 Å². The highest BCUT2D eigenvalue weighted by atomic mass is 32.1. The van der Waals surface area contributed by atoms with Crippen LogP contribution in [-0.4, -0.2) is 37.5 Å². The van der Waals surface area contributed by atoms with Crippen LogP contribution in [0.1, 0.15) is 25.3 Å². The van der Waals surface area contributed by atoms with E-state index < -0.39 is 0 Å². The molecule has 162 valence electrons. The van der Waals surface area contributed by atoms with Crippen LogP contribution in [-0.2, 0) is 9.53 Å². The number of hydrogen-bond donors (Lipinski definition) is 1. The lowest BCUT2D eigenvalue weighted by atomic mass is 10.2. The number of aromatic nitrogens is 1. The number of carbonyl (C=O) groups excluding carboxylic acids is 1. The highest BCUT2D eigenvalue weighted by Gasteiger charge is 2.07. The summed E-state index contributed by atoms with van der Waals surface area (Å²) in [5.41, 5.74) is 5.78. The molecule has 0 spiro atoms. The van der Waals surface area contributed by atoms with Gasteiger partial charge in [0.2, 0.25) is 5.13 Å². The Morgan fingerprint density at radius 2 is 2.03 bits per heavy atom. The highest BCUT2D eigenvalue weighted by molar-refractivity contribution is 7.14. The second kappa shape index (κ2) is 11.7. The van der Waals surface area contributed by atoms with Crippen molar-refractivity contribution < 1.29 is 19.0 Å². The van der Waals surface area contributed by atoms with E-state index in [9.17, 15) is 4.79 Å². The number of nitrogens with one attached hydrogen (secondary N) is 1. The molecule has 0 atom stereocenters. The molecule has 3 rings (SSSR count). The molecule has 0 amide bonds. The van der Waals surface area contributed by atoms with Crippen molar-refractivity contribution in [3.8, 4) is 22.8 Å². The summed E-state index contributed by atoms with van der Waals surface area (Å²) in [7, 11) is 1.59. The lowest BCUT2D eigenvalue weighted by Crippen LogP contribution is -2.07. The number of ether oxygens (including phenoxy) is 3. The Balaban J connectivity index is 1.56. The molecule has 31 heavy (non-hydrogen) atoms. The molecular weight excluding hydrogens is 414 g/mol. The Bertz CT molecular complexity index is 1010. The van der Waals surface area contributed by atoms with Crippen molar-refractivity contribution in [1.29, 1.82) is 0 Å². The number of rotatable bonds is 11. The molecule has 1 N–H and O–H groups in total. The van der Waals surface area contributed by atoms with Gasteiger partial charge in [-0.1, -0.05) is 30.3 Å². The first-order valence-corrected chi connectivity index (χ1v) is 10.8.